The summed E-state index contributed by atoms with van der Waals surface area (Å²) >= 11 is 0. The summed E-state index contributed by atoms with van der Waals surface area (Å²) in [5.41, 5.74) is 0. The monoisotopic (exact) mass is 286 g/mol. The van der Waals surface area contributed by atoms with Crippen molar-refractivity contribution in [2.24, 2.45) is 5.92 Å². The van der Waals surface area contributed by atoms with Gasteiger partial charge in [0.2, 0.25) is 0 Å². The van der Waals surface area contributed by atoms with Crippen LogP contribution >= 0.6 is 0 Å². The zero-order valence-electron chi connectivity index (χ0n) is 13.8. The summed E-state index contributed by atoms with van der Waals surface area (Å²) in [6.07, 6.45) is 4.38. The average molecular weight is 286 g/mol. The summed E-state index contributed by atoms with van der Waals surface area (Å²) < 4.78 is 5.30. The SMILES string of the molecule is CC.COCC(C)N(CC1CCNCC1)C1CC(O)C1. The molecule has 2 aliphatic rings. The van der Waals surface area contributed by atoms with E-state index in [0.717, 1.165) is 38.5 Å². The fraction of sp³-hybridized carbons (Fsp3) is 1.00. The van der Waals surface area contributed by atoms with Crippen molar-refractivity contribution < 1.29 is 9.84 Å². The first-order valence-corrected chi connectivity index (χ1v) is 8.34. The van der Waals surface area contributed by atoms with Crippen molar-refractivity contribution in [3.05, 3.63) is 0 Å². The van der Waals surface area contributed by atoms with Gasteiger partial charge < -0.3 is 15.2 Å². The highest BCUT2D eigenvalue weighted by Crippen LogP contribution is 2.29. The van der Waals surface area contributed by atoms with Gasteiger partial charge in [-0.1, -0.05) is 13.8 Å². The molecule has 4 nitrogen and oxygen atoms in total. The lowest BCUT2D eigenvalue weighted by atomic mass is 9.85. The first-order chi connectivity index (χ1) is 9.70. The van der Waals surface area contributed by atoms with Crippen LogP contribution in [0.3, 0.4) is 0 Å². The maximum Gasteiger partial charge on any atom is 0.0615 e. The molecule has 0 spiro atoms. The summed E-state index contributed by atoms with van der Waals surface area (Å²) in [6.45, 7) is 10.5. The summed E-state index contributed by atoms with van der Waals surface area (Å²) in [6, 6.07) is 1.03. The smallest absolute Gasteiger partial charge is 0.0615 e. The van der Waals surface area contributed by atoms with Crippen LogP contribution in [-0.4, -0.2) is 61.5 Å². The van der Waals surface area contributed by atoms with E-state index in [1.165, 1.54) is 19.4 Å². The highest BCUT2D eigenvalue weighted by Gasteiger charge is 2.35. The number of hydrogen-bond donors (Lipinski definition) is 2. The number of nitrogens with one attached hydrogen (secondary N) is 1. The zero-order valence-corrected chi connectivity index (χ0v) is 13.8. The molecule has 1 aliphatic heterocycles. The van der Waals surface area contributed by atoms with Gasteiger partial charge in [0.05, 0.1) is 12.7 Å². The Morgan fingerprint density at radius 2 is 1.85 bits per heavy atom. The quantitative estimate of drug-likeness (QED) is 0.782. The van der Waals surface area contributed by atoms with Crippen molar-refractivity contribution in [1.29, 1.82) is 0 Å². The summed E-state index contributed by atoms with van der Waals surface area (Å²) in [5, 5.41) is 12.9. The van der Waals surface area contributed by atoms with Crippen molar-refractivity contribution in [3.8, 4) is 0 Å². The Balaban J connectivity index is 0.000000956. The minimum absolute atomic E-state index is 0.0692. The van der Waals surface area contributed by atoms with Crippen molar-refractivity contribution in [1.82, 2.24) is 10.2 Å². The van der Waals surface area contributed by atoms with Gasteiger partial charge in [0.1, 0.15) is 0 Å². The molecule has 120 valence electrons. The molecule has 1 saturated heterocycles. The largest absolute Gasteiger partial charge is 0.393 e. The summed E-state index contributed by atoms with van der Waals surface area (Å²) in [5.74, 6) is 0.809. The molecular weight excluding hydrogens is 252 g/mol. The van der Waals surface area contributed by atoms with E-state index in [4.69, 9.17) is 4.74 Å². The number of hydrogen-bond acceptors (Lipinski definition) is 4. The first kappa shape index (κ1) is 17.9. The van der Waals surface area contributed by atoms with Crippen molar-refractivity contribution >= 4 is 0 Å². The van der Waals surface area contributed by atoms with Gasteiger partial charge in [-0.3, -0.25) is 4.90 Å². The minimum atomic E-state index is -0.0692. The summed E-state index contributed by atoms with van der Waals surface area (Å²) in [7, 11) is 1.77. The van der Waals surface area contributed by atoms with Crippen LogP contribution in [0, 0.1) is 5.92 Å². The van der Waals surface area contributed by atoms with Crippen LogP contribution in [-0.2, 0) is 4.74 Å². The Morgan fingerprint density at radius 1 is 1.25 bits per heavy atom. The van der Waals surface area contributed by atoms with Gasteiger partial charge in [-0.05, 0) is 51.6 Å². The van der Waals surface area contributed by atoms with Gasteiger partial charge in [0.25, 0.3) is 0 Å². The lowest BCUT2D eigenvalue weighted by Gasteiger charge is -2.45. The molecule has 2 rings (SSSR count). The number of aliphatic hydroxyl groups is 1. The van der Waals surface area contributed by atoms with E-state index in [1.807, 2.05) is 13.8 Å². The molecular formula is C16H34N2O2. The third-order valence-electron chi connectivity index (χ3n) is 4.46. The number of rotatable bonds is 6. The molecule has 0 aromatic heterocycles. The predicted molar refractivity (Wildman–Crippen MR) is 84.0 cm³/mol. The lowest BCUT2D eigenvalue weighted by molar-refractivity contribution is -0.0364. The molecule has 0 aromatic rings. The van der Waals surface area contributed by atoms with Crippen LogP contribution in [0.4, 0.5) is 0 Å². The molecule has 0 amide bonds. The van der Waals surface area contributed by atoms with Gasteiger partial charge in [-0.25, -0.2) is 0 Å². The maximum absolute atomic E-state index is 9.52. The van der Waals surface area contributed by atoms with Crippen LogP contribution < -0.4 is 5.32 Å². The number of nitrogens with zero attached hydrogens (tertiary/aromatic N) is 1. The van der Waals surface area contributed by atoms with E-state index in [2.05, 4.69) is 17.1 Å². The molecule has 0 aromatic carbocycles. The van der Waals surface area contributed by atoms with Crippen LogP contribution in [0.1, 0.15) is 46.5 Å². The Hall–Kier alpha value is -0.160. The highest BCUT2D eigenvalue weighted by atomic mass is 16.5. The molecule has 1 unspecified atom stereocenters. The fourth-order valence-corrected chi connectivity index (χ4v) is 3.22. The third-order valence-corrected chi connectivity index (χ3v) is 4.46. The first-order valence-electron chi connectivity index (χ1n) is 8.34. The molecule has 0 bridgehead atoms. The Bertz CT molecular complexity index is 234. The number of ether oxygens (including phenoxy) is 1. The molecule has 4 heteroatoms. The third kappa shape index (κ3) is 5.32. The van der Waals surface area contributed by atoms with Gasteiger partial charge in [-0.15, -0.1) is 0 Å². The second-order valence-electron chi connectivity index (χ2n) is 5.97. The normalized spacial score (nSPS) is 28.5. The zero-order chi connectivity index (χ0) is 15.0. The van der Waals surface area contributed by atoms with E-state index >= 15 is 0 Å². The van der Waals surface area contributed by atoms with E-state index in [0.29, 0.717) is 12.1 Å². The van der Waals surface area contributed by atoms with Gasteiger partial charge in [-0.2, -0.15) is 0 Å². The van der Waals surface area contributed by atoms with Crippen LogP contribution in [0.2, 0.25) is 0 Å². The minimum Gasteiger partial charge on any atom is -0.393 e. The highest BCUT2D eigenvalue weighted by molar-refractivity contribution is 4.90. The number of methoxy groups -OCH3 is 1. The second-order valence-corrected chi connectivity index (χ2v) is 5.97. The van der Waals surface area contributed by atoms with Crippen LogP contribution in [0.15, 0.2) is 0 Å². The second kappa shape index (κ2) is 9.72. The van der Waals surface area contributed by atoms with E-state index in [1.54, 1.807) is 7.11 Å². The van der Waals surface area contributed by atoms with Crippen LogP contribution in [0.5, 0.6) is 0 Å². The molecule has 20 heavy (non-hydrogen) atoms. The van der Waals surface area contributed by atoms with Crippen molar-refractivity contribution in [2.75, 3.05) is 33.4 Å². The van der Waals surface area contributed by atoms with E-state index < -0.39 is 0 Å². The molecule has 1 saturated carbocycles. The summed E-state index contributed by atoms with van der Waals surface area (Å²) in [4.78, 5) is 2.58. The molecule has 1 heterocycles. The van der Waals surface area contributed by atoms with Gasteiger partial charge >= 0.3 is 0 Å². The number of aliphatic hydroxyl groups excluding tert-OH is 1. The van der Waals surface area contributed by atoms with Crippen LogP contribution in [0.25, 0.3) is 0 Å². The maximum atomic E-state index is 9.52. The fourth-order valence-electron chi connectivity index (χ4n) is 3.22. The Morgan fingerprint density at radius 3 is 2.35 bits per heavy atom. The van der Waals surface area contributed by atoms with E-state index in [9.17, 15) is 5.11 Å². The molecule has 1 atom stereocenters. The molecule has 2 N–H and O–H groups in total. The molecule has 2 fully saturated rings. The Kier molecular flexibility index (Phi) is 8.69. The lowest BCUT2D eigenvalue weighted by Crippen LogP contribution is -2.54. The van der Waals surface area contributed by atoms with Gasteiger partial charge in [0.15, 0.2) is 0 Å². The standard InChI is InChI=1S/C14H28N2O2.C2H6/c1-11(10-18-2)16(13-7-14(17)8-13)9-12-3-5-15-6-4-12;1-2/h11-15,17H,3-10H2,1-2H3;1-2H3. The molecule has 0 radical (unpaired) electrons. The van der Waals surface area contributed by atoms with Crippen molar-refractivity contribution in [2.45, 2.75) is 64.6 Å². The Labute approximate surface area is 124 Å². The van der Waals surface area contributed by atoms with E-state index in [-0.39, 0.29) is 6.10 Å². The average Bonchev–Trinajstić information content (AvgIpc) is 2.45. The van der Waals surface area contributed by atoms with Crippen molar-refractivity contribution in [3.63, 3.8) is 0 Å². The van der Waals surface area contributed by atoms with Gasteiger partial charge in [0, 0.05) is 25.7 Å². The molecule has 1 aliphatic carbocycles. The number of piperidine rings is 1. The predicted octanol–water partition coefficient (Wildman–Crippen LogP) is 1.87. The topological polar surface area (TPSA) is 44.7 Å².